The van der Waals surface area contributed by atoms with E-state index in [0.717, 1.165) is 5.69 Å². The van der Waals surface area contributed by atoms with E-state index in [1.807, 2.05) is 6.92 Å². The Balaban J connectivity index is 1.86. The fraction of sp³-hybridized carbons (Fsp3) is 0.308. The summed E-state index contributed by atoms with van der Waals surface area (Å²) in [6.07, 6.45) is 3.49. The van der Waals surface area contributed by atoms with E-state index in [9.17, 15) is 0 Å². The van der Waals surface area contributed by atoms with Crippen LogP contribution in [0.1, 0.15) is 12.6 Å². The Labute approximate surface area is 137 Å². The molecule has 1 aromatic heterocycles. The normalized spacial score (nSPS) is 12.2. The molecular weight excluding hydrogens is 335 g/mol. The third-order valence-corrected chi connectivity index (χ3v) is 3.38. The van der Waals surface area contributed by atoms with Crippen molar-refractivity contribution >= 4 is 34.8 Å². The molecule has 0 spiro atoms. The maximum atomic E-state index is 6.06. The Kier molecular flexibility index (Phi) is 5.99. The molecule has 1 heterocycles. The van der Waals surface area contributed by atoms with Gasteiger partial charge in [0.2, 0.25) is 0 Å². The monoisotopic (exact) mass is 346 g/mol. The summed E-state index contributed by atoms with van der Waals surface area (Å²) in [4.78, 5) is 3.90. The molecule has 112 valence electrons. The highest BCUT2D eigenvalue weighted by Gasteiger charge is 2.12. The Morgan fingerprint density at radius 2 is 1.95 bits per heavy atom. The van der Waals surface area contributed by atoms with E-state index in [2.05, 4.69) is 20.5 Å². The predicted octanol–water partition coefficient (Wildman–Crippen LogP) is 3.39. The molecule has 8 heteroatoms. The lowest BCUT2D eigenvalue weighted by Gasteiger charge is -2.18. The summed E-state index contributed by atoms with van der Waals surface area (Å²) >= 11 is 18.0. The van der Waals surface area contributed by atoms with Crippen molar-refractivity contribution in [3.05, 3.63) is 45.4 Å². The van der Waals surface area contributed by atoms with Crippen LogP contribution in [0.5, 0.6) is 5.75 Å². The number of benzene rings is 1. The molecule has 2 rings (SSSR count). The maximum Gasteiger partial charge on any atom is 0.158 e. The molecule has 5 nitrogen and oxygen atoms in total. The molecule has 1 aromatic carbocycles. The highest BCUT2D eigenvalue weighted by molar-refractivity contribution is 6.40. The molecule has 0 amide bonds. The molecule has 0 fully saturated rings. The lowest BCUT2D eigenvalue weighted by molar-refractivity contribution is 0.184. The molecule has 0 bridgehead atoms. The minimum absolute atomic E-state index is 0.272. The number of aromatic nitrogens is 3. The van der Waals surface area contributed by atoms with Crippen LogP contribution in [0, 0.1) is 0 Å². The van der Waals surface area contributed by atoms with Gasteiger partial charge >= 0.3 is 0 Å². The third kappa shape index (κ3) is 4.97. The second-order valence-electron chi connectivity index (χ2n) is 4.26. The van der Waals surface area contributed by atoms with Gasteiger partial charge in [0.25, 0.3) is 0 Å². The zero-order chi connectivity index (χ0) is 15.2. The quantitative estimate of drug-likeness (QED) is 0.812. The molecule has 2 aromatic rings. The Bertz CT molecular complexity index is 574. The Morgan fingerprint density at radius 1 is 1.24 bits per heavy atom. The van der Waals surface area contributed by atoms with Gasteiger partial charge in [0, 0.05) is 18.0 Å². The molecule has 0 aliphatic rings. The lowest BCUT2D eigenvalue weighted by atomic mass is 10.3. The summed E-state index contributed by atoms with van der Waals surface area (Å²) in [5, 5.41) is 12.1. The van der Waals surface area contributed by atoms with Crippen LogP contribution in [-0.2, 0) is 6.42 Å². The van der Waals surface area contributed by atoms with Crippen molar-refractivity contribution in [3.63, 3.8) is 0 Å². The van der Waals surface area contributed by atoms with Gasteiger partial charge < -0.3 is 4.74 Å². The summed E-state index contributed by atoms with van der Waals surface area (Å²) < 4.78 is 5.68. The summed E-state index contributed by atoms with van der Waals surface area (Å²) in [6.45, 7) is 2.51. The van der Waals surface area contributed by atoms with Gasteiger partial charge in [0.15, 0.2) is 5.75 Å². The summed E-state index contributed by atoms with van der Waals surface area (Å²) in [5.41, 5.74) is 0.805. The van der Waals surface area contributed by atoms with E-state index in [1.165, 1.54) is 6.33 Å². The molecule has 0 aliphatic heterocycles. The van der Waals surface area contributed by atoms with E-state index < -0.39 is 0 Å². The van der Waals surface area contributed by atoms with Gasteiger partial charge in [-0.25, -0.2) is 4.98 Å². The zero-order valence-electron chi connectivity index (χ0n) is 11.2. The summed E-state index contributed by atoms with van der Waals surface area (Å²) in [7, 11) is 0. The van der Waals surface area contributed by atoms with Crippen LogP contribution in [0.4, 0.5) is 0 Å². The minimum atomic E-state index is -0.272. The molecule has 1 unspecified atom stereocenters. The van der Waals surface area contributed by atoms with Crippen LogP contribution < -0.4 is 10.1 Å². The molecule has 0 aliphatic carbocycles. The topological polar surface area (TPSA) is 59.9 Å². The first-order valence-electron chi connectivity index (χ1n) is 6.22. The number of hydrogen-bond donors (Lipinski definition) is 1. The van der Waals surface area contributed by atoms with Crippen LogP contribution in [0.25, 0.3) is 0 Å². The smallest absolute Gasteiger partial charge is 0.158 e. The van der Waals surface area contributed by atoms with Crippen molar-refractivity contribution in [2.75, 3.05) is 6.54 Å². The van der Waals surface area contributed by atoms with Gasteiger partial charge in [-0.1, -0.05) is 34.8 Å². The largest absolute Gasteiger partial charge is 0.473 e. The molecule has 0 saturated carbocycles. The zero-order valence-corrected chi connectivity index (χ0v) is 13.5. The SMILES string of the molecule is CC(NCCc1cncnn1)Oc1c(Cl)cc(Cl)cc1Cl. The van der Waals surface area contributed by atoms with E-state index in [1.54, 1.807) is 18.3 Å². The maximum absolute atomic E-state index is 6.06. The van der Waals surface area contributed by atoms with Gasteiger partial charge in [-0.15, -0.1) is 5.10 Å². The van der Waals surface area contributed by atoms with Crippen LogP contribution in [0.3, 0.4) is 0 Å². The number of nitrogens with zero attached hydrogens (tertiary/aromatic N) is 3. The first-order valence-corrected chi connectivity index (χ1v) is 7.36. The van der Waals surface area contributed by atoms with Crippen molar-refractivity contribution in [3.8, 4) is 5.75 Å². The number of ether oxygens (including phenoxy) is 1. The van der Waals surface area contributed by atoms with E-state index >= 15 is 0 Å². The van der Waals surface area contributed by atoms with E-state index in [4.69, 9.17) is 39.5 Å². The predicted molar refractivity (Wildman–Crippen MR) is 83.1 cm³/mol. The number of hydrogen-bond acceptors (Lipinski definition) is 5. The van der Waals surface area contributed by atoms with Gasteiger partial charge in [0.05, 0.1) is 21.9 Å². The Hall–Kier alpha value is -1.14. The van der Waals surface area contributed by atoms with E-state index in [0.29, 0.717) is 33.8 Å². The number of nitrogens with one attached hydrogen (secondary N) is 1. The first kappa shape index (κ1) is 16.2. The molecule has 0 radical (unpaired) electrons. The average molecular weight is 348 g/mol. The van der Waals surface area contributed by atoms with Crippen LogP contribution in [0.2, 0.25) is 15.1 Å². The van der Waals surface area contributed by atoms with Crippen molar-refractivity contribution in [1.29, 1.82) is 0 Å². The van der Waals surface area contributed by atoms with Crippen LogP contribution >= 0.6 is 34.8 Å². The molecule has 21 heavy (non-hydrogen) atoms. The van der Waals surface area contributed by atoms with Gasteiger partial charge in [-0.05, 0) is 19.1 Å². The highest BCUT2D eigenvalue weighted by atomic mass is 35.5. The molecular formula is C13H13Cl3N4O. The molecule has 0 saturated heterocycles. The van der Waals surface area contributed by atoms with Gasteiger partial charge in [-0.3, -0.25) is 5.32 Å². The van der Waals surface area contributed by atoms with Gasteiger partial charge in [0.1, 0.15) is 12.6 Å². The van der Waals surface area contributed by atoms with Crippen molar-refractivity contribution in [1.82, 2.24) is 20.5 Å². The number of halogens is 3. The summed E-state index contributed by atoms with van der Waals surface area (Å²) in [6, 6.07) is 3.17. The highest BCUT2D eigenvalue weighted by Crippen LogP contribution is 2.36. The molecule has 1 N–H and O–H groups in total. The van der Waals surface area contributed by atoms with Crippen LogP contribution in [-0.4, -0.2) is 28.0 Å². The van der Waals surface area contributed by atoms with E-state index in [-0.39, 0.29) is 6.23 Å². The Morgan fingerprint density at radius 3 is 2.57 bits per heavy atom. The minimum Gasteiger partial charge on any atom is -0.473 e. The van der Waals surface area contributed by atoms with Crippen molar-refractivity contribution < 1.29 is 4.74 Å². The summed E-state index contributed by atoms with van der Waals surface area (Å²) in [5.74, 6) is 0.406. The second-order valence-corrected chi connectivity index (χ2v) is 5.51. The fourth-order valence-corrected chi connectivity index (χ4v) is 2.56. The average Bonchev–Trinajstić information content (AvgIpc) is 2.44. The third-order valence-electron chi connectivity index (χ3n) is 2.60. The number of rotatable bonds is 6. The van der Waals surface area contributed by atoms with Gasteiger partial charge in [-0.2, -0.15) is 5.10 Å². The standard InChI is InChI=1S/C13H13Cl3N4O/c1-8(18-3-2-10-6-17-7-19-20-10)21-13-11(15)4-9(14)5-12(13)16/h4-8,18H,2-3H2,1H3. The van der Waals surface area contributed by atoms with Crippen LogP contribution in [0.15, 0.2) is 24.7 Å². The second kappa shape index (κ2) is 7.75. The van der Waals surface area contributed by atoms with Crippen molar-refractivity contribution in [2.24, 2.45) is 0 Å². The molecule has 1 atom stereocenters. The fourth-order valence-electron chi connectivity index (χ4n) is 1.65. The van der Waals surface area contributed by atoms with Crippen molar-refractivity contribution in [2.45, 2.75) is 19.6 Å². The first-order chi connectivity index (χ1) is 10.1. The lowest BCUT2D eigenvalue weighted by Crippen LogP contribution is -2.33.